The van der Waals surface area contributed by atoms with Crippen LogP contribution in [0.4, 0.5) is 5.69 Å². The third-order valence-corrected chi connectivity index (χ3v) is 3.93. The molecule has 0 heterocycles. The van der Waals surface area contributed by atoms with E-state index >= 15 is 0 Å². The Balaban J connectivity index is 2.44. The van der Waals surface area contributed by atoms with Gasteiger partial charge in [-0.1, -0.05) is 44.8 Å². The van der Waals surface area contributed by atoms with Gasteiger partial charge in [-0.15, -0.1) is 0 Å². The van der Waals surface area contributed by atoms with E-state index in [-0.39, 0.29) is 5.91 Å². The summed E-state index contributed by atoms with van der Waals surface area (Å²) in [6.45, 7) is 2.18. The molecule has 1 rings (SSSR count). The number of amides is 1. The third kappa shape index (κ3) is 6.01. The molecule has 0 aliphatic heterocycles. The average molecular weight is 357 g/mol. The number of benzene rings is 1. The Morgan fingerprint density at radius 3 is 2.60 bits per heavy atom. The van der Waals surface area contributed by atoms with Crippen molar-refractivity contribution in [2.75, 3.05) is 5.32 Å². The quantitative estimate of drug-likeness (QED) is 0.536. The summed E-state index contributed by atoms with van der Waals surface area (Å²) in [5.74, 6) is 0.0465. The van der Waals surface area contributed by atoms with Gasteiger partial charge in [-0.05, 0) is 40.5 Å². The molecule has 0 saturated carbocycles. The van der Waals surface area contributed by atoms with Crippen molar-refractivity contribution in [2.45, 2.75) is 45.4 Å². The summed E-state index contributed by atoms with van der Waals surface area (Å²) in [5.41, 5.74) is 7.10. The molecule has 0 radical (unpaired) electrons. The second kappa shape index (κ2) is 9.08. The standard InChI is InChI=1S/C15H21BrN2OS/c1-2-3-4-5-6-7-14(19)18-13-9-8-11(15(17)20)10-12(13)16/h8-10H,2-7H2,1H3,(H2,17,20)(H,18,19). The fraction of sp³-hybridized carbons (Fsp3) is 0.467. The topological polar surface area (TPSA) is 55.1 Å². The zero-order valence-electron chi connectivity index (χ0n) is 11.7. The first-order valence-corrected chi connectivity index (χ1v) is 8.14. The highest BCUT2D eigenvalue weighted by Crippen LogP contribution is 2.24. The number of hydrogen-bond donors (Lipinski definition) is 2. The van der Waals surface area contributed by atoms with E-state index in [2.05, 4.69) is 28.2 Å². The van der Waals surface area contributed by atoms with E-state index < -0.39 is 0 Å². The van der Waals surface area contributed by atoms with Gasteiger partial charge in [0.1, 0.15) is 4.99 Å². The fourth-order valence-corrected chi connectivity index (χ4v) is 2.48. The smallest absolute Gasteiger partial charge is 0.224 e. The highest BCUT2D eigenvalue weighted by atomic mass is 79.9. The Kier molecular flexibility index (Phi) is 7.77. The van der Waals surface area contributed by atoms with Gasteiger partial charge in [0.15, 0.2) is 0 Å². The lowest BCUT2D eigenvalue weighted by molar-refractivity contribution is -0.116. The van der Waals surface area contributed by atoms with Gasteiger partial charge in [0.05, 0.1) is 5.69 Å². The molecule has 0 bridgehead atoms. The van der Waals surface area contributed by atoms with E-state index in [1.54, 1.807) is 0 Å². The summed E-state index contributed by atoms with van der Waals surface area (Å²) in [4.78, 5) is 12.2. The molecule has 0 aromatic heterocycles. The molecule has 5 heteroatoms. The minimum Gasteiger partial charge on any atom is -0.389 e. The van der Waals surface area contributed by atoms with Crippen LogP contribution >= 0.6 is 28.1 Å². The maximum absolute atomic E-state index is 11.8. The molecule has 1 aromatic carbocycles. The van der Waals surface area contributed by atoms with Gasteiger partial charge in [0.2, 0.25) is 5.91 Å². The Labute approximate surface area is 134 Å². The highest BCUT2D eigenvalue weighted by Gasteiger charge is 2.07. The van der Waals surface area contributed by atoms with Gasteiger partial charge >= 0.3 is 0 Å². The molecule has 3 nitrogen and oxygen atoms in total. The minimum atomic E-state index is 0.0465. The van der Waals surface area contributed by atoms with Crippen LogP contribution in [-0.2, 0) is 4.79 Å². The maximum Gasteiger partial charge on any atom is 0.224 e. The Morgan fingerprint density at radius 1 is 1.30 bits per heavy atom. The predicted molar refractivity (Wildman–Crippen MR) is 92.0 cm³/mol. The number of anilines is 1. The van der Waals surface area contributed by atoms with Crippen LogP contribution in [0, 0.1) is 0 Å². The van der Waals surface area contributed by atoms with E-state index in [1.807, 2.05) is 18.2 Å². The first-order chi connectivity index (χ1) is 9.54. The number of nitrogens with two attached hydrogens (primary N) is 1. The van der Waals surface area contributed by atoms with Gasteiger partial charge in [0.25, 0.3) is 0 Å². The van der Waals surface area contributed by atoms with E-state index in [4.69, 9.17) is 18.0 Å². The van der Waals surface area contributed by atoms with Crippen molar-refractivity contribution in [1.29, 1.82) is 0 Å². The molecule has 1 aromatic rings. The summed E-state index contributed by atoms with van der Waals surface area (Å²) in [6, 6.07) is 5.44. The van der Waals surface area contributed by atoms with Crippen molar-refractivity contribution >= 4 is 44.7 Å². The van der Waals surface area contributed by atoms with E-state index in [0.29, 0.717) is 11.4 Å². The Bertz CT molecular complexity index is 477. The van der Waals surface area contributed by atoms with Crippen LogP contribution in [-0.4, -0.2) is 10.9 Å². The second-order valence-electron chi connectivity index (χ2n) is 4.77. The normalized spacial score (nSPS) is 10.3. The number of halogens is 1. The molecule has 3 N–H and O–H groups in total. The highest BCUT2D eigenvalue weighted by molar-refractivity contribution is 9.10. The first kappa shape index (κ1) is 17.1. The van der Waals surface area contributed by atoms with Crippen LogP contribution in [0.2, 0.25) is 0 Å². The summed E-state index contributed by atoms with van der Waals surface area (Å²) >= 11 is 8.33. The predicted octanol–water partition coefficient (Wildman–Crippen LogP) is 4.38. The van der Waals surface area contributed by atoms with E-state index in [0.717, 1.165) is 28.6 Å². The Hall–Kier alpha value is -0.940. The molecule has 1 amide bonds. The number of hydrogen-bond acceptors (Lipinski definition) is 2. The van der Waals surface area contributed by atoms with Crippen molar-refractivity contribution in [3.05, 3.63) is 28.2 Å². The first-order valence-electron chi connectivity index (χ1n) is 6.93. The number of nitrogens with one attached hydrogen (secondary N) is 1. The van der Waals surface area contributed by atoms with Gasteiger partial charge in [-0.2, -0.15) is 0 Å². The van der Waals surface area contributed by atoms with Crippen molar-refractivity contribution in [3.8, 4) is 0 Å². The van der Waals surface area contributed by atoms with Crippen LogP contribution in [0.3, 0.4) is 0 Å². The molecule has 110 valence electrons. The summed E-state index contributed by atoms with van der Waals surface area (Å²) in [7, 11) is 0. The van der Waals surface area contributed by atoms with Crippen LogP contribution in [0.25, 0.3) is 0 Å². The summed E-state index contributed by atoms with van der Waals surface area (Å²) < 4.78 is 0.794. The number of rotatable bonds is 8. The van der Waals surface area contributed by atoms with Crippen molar-refractivity contribution in [3.63, 3.8) is 0 Å². The van der Waals surface area contributed by atoms with Gasteiger partial charge in [0, 0.05) is 16.5 Å². The van der Waals surface area contributed by atoms with E-state index in [9.17, 15) is 4.79 Å². The average Bonchev–Trinajstić information content (AvgIpc) is 2.40. The van der Waals surface area contributed by atoms with Crippen molar-refractivity contribution < 1.29 is 4.79 Å². The summed E-state index contributed by atoms with van der Waals surface area (Å²) in [5, 5.41) is 2.90. The molecule has 0 atom stereocenters. The molecule has 0 spiro atoms. The molecular weight excluding hydrogens is 336 g/mol. The summed E-state index contributed by atoms with van der Waals surface area (Å²) in [6.07, 6.45) is 6.28. The van der Waals surface area contributed by atoms with Crippen molar-refractivity contribution in [2.24, 2.45) is 5.73 Å². The zero-order chi connectivity index (χ0) is 15.0. The van der Waals surface area contributed by atoms with Crippen LogP contribution < -0.4 is 11.1 Å². The molecule has 0 unspecified atom stereocenters. The lowest BCUT2D eigenvalue weighted by Crippen LogP contribution is -2.13. The molecular formula is C15H21BrN2OS. The molecule has 0 aliphatic rings. The largest absolute Gasteiger partial charge is 0.389 e. The maximum atomic E-state index is 11.8. The third-order valence-electron chi connectivity index (χ3n) is 3.04. The second-order valence-corrected chi connectivity index (χ2v) is 6.07. The fourth-order valence-electron chi connectivity index (χ4n) is 1.87. The monoisotopic (exact) mass is 356 g/mol. The number of carbonyl (C=O) groups is 1. The molecule has 0 saturated heterocycles. The van der Waals surface area contributed by atoms with Crippen LogP contribution in [0.5, 0.6) is 0 Å². The van der Waals surface area contributed by atoms with Crippen LogP contribution in [0.15, 0.2) is 22.7 Å². The Morgan fingerprint density at radius 2 is 2.00 bits per heavy atom. The molecule has 0 fully saturated rings. The van der Waals surface area contributed by atoms with Gasteiger partial charge in [-0.25, -0.2) is 0 Å². The van der Waals surface area contributed by atoms with Crippen molar-refractivity contribution in [1.82, 2.24) is 0 Å². The lowest BCUT2D eigenvalue weighted by Gasteiger charge is -2.09. The number of thiocarbonyl (C=S) groups is 1. The van der Waals surface area contributed by atoms with Gasteiger partial charge in [-0.3, -0.25) is 4.79 Å². The molecule has 20 heavy (non-hydrogen) atoms. The molecule has 0 aliphatic carbocycles. The number of unbranched alkanes of at least 4 members (excludes halogenated alkanes) is 4. The van der Waals surface area contributed by atoms with E-state index in [1.165, 1.54) is 19.3 Å². The number of carbonyl (C=O) groups excluding carboxylic acids is 1. The lowest BCUT2D eigenvalue weighted by atomic mass is 10.1. The van der Waals surface area contributed by atoms with Crippen LogP contribution in [0.1, 0.15) is 51.0 Å². The zero-order valence-corrected chi connectivity index (χ0v) is 14.1. The minimum absolute atomic E-state index is 0.0465. The van der Waals surface area contributed by atoms with Gasteiger partial charge < -0.3 is 11.1 Å². The SMILES string of the molecule is CCCCCCCC(=O)Nc1ccc(C(N)=S)cc1Br.